The topological polar surface area (TPSA) is 24.7 Å². The Bertz CT molecular complexity index is 191. The fourth-order valence-electron chi connectivity index (χ4n) is 0.677. The molecule has 0 aliphatic carbocycles. The molecule has 0 aromatic heterocycles. The Morgan fingerprint density at radius 1 is 1.44 bits per heavy atom. The van der Waals surface area contributed by atoms with Crippen molar-refractivity contribution in [2.45, 2.75) is 24.0 Å². The van der Waals surface area contributed by atoms with Gasteiger partial charge in [-0.2, -0.15) is 0 Å². The van der Waals surface area contributed by atoms with Crippen molar-refractivity contribution < 1.29 is 24.7 Å². The van der Waals surface area contributed by atoms with Crippen molar-refractivity contribution in [2.75, 3.05) is 0 Å². The van der Waals surface area contributed by atoms with Crippen LogP contribution in [0.15, 0.2) is 21.5 Å². The van der Waals surface area contributed by atoms with Crippen molar-refractivity contribution in [1.29, 1.82) is 0 Å². The zero-order chi connectivity index (χ0) is 7.07. The molecule has 0 radical (unpaired) electrons. The van der Waals surface area contributed by atoms with E-state index in [1.54, 1.807) is 0 Å². The molecule has 0 spiro atoms. The zero-order valence-corrected chi connectivity index (χ0v) is 8.35. The first-order chi connectivity index (χ1) is 4.04. The van der Waals surface area contributed by atoms with E-state index < -0.39 is 0 Å². The Hall–Kier alpha value is 0.223. The van der Waals surface area contributed by atoms with Gasteiger partial charge in [0.2, 0.25) is 0 Å². The van der Waals surface area contributed by atoms with Gasteiger partial charge in [0.1, 0.15) is 0 Å². The quantitative estimate of drug-likeness (QED) is 0.571. The average molecular weight is 200 g/mol. The summed E-state index contributed by atoms with van der Waals surface area (Å²) in [7, 11) is 0. The van der Waals surface area contributed by atoms with Gasteiger partial charge in [0.05, 0.1) is 0 Å². The summed E-state index contributed by atoms with van der Waals surface area (Å²) in [6.07, 6.45) is 0. The number of azo groups is 1. The number of hydrogen-bond acceptors (Lipinski definition) is 2. The van der Waals surface area contributed by atoms with E-state index in [0.717, 1.165) is 5.70 Å². The van der Waals surface area contributed by atoms with Gasteiger partial charge in [-0.05, 0) is 0 Å². The van der Waals surface area contributed by atoms with Crippen LogP contribution in [-0.4, -0.2) is 3.25 Å². The number of hydrogen-bond donors (Lipinski definition) is 0. The molecule has 1 heterocycles. The summed E-state index contributed by atoms with van der Waals surface area (Å²) >= 11 is 1.42. The third-order valence-corrected chi connectivity index (χ3v) is 2.84. The molecular weight excluding hydrogens is 191 g/mol. The van der Waals surface area contributed by atoms with Crippen LogP contribution >= 0.6 is 0 Å². The van der Waals surface area contributed by atoms with Crippen LogP contribution in [-0.2, 0) is 24.7 Å². The minimum atomic E-state index is 0.0524. The Kier molecular flexibility index (Phi) is 1.73. The van der Waals surface area contributed by atoms with Gasteiger partial charge in [0, 0.05) is 0 Å². The van der Waals surface area contributed by atoms with Crippen molar-refractivity contribution in [3.63, 3.8) is 0 Å². The standard InChI is InChI=1S/C6H9N2.Zr/c1-4-5(2)7-8-6(4)3;/h1-3H3;. The summed E-state index contributed by atoms with van der Waals surface area (Å²) in [5, 5.41) is 8.12. The number of rotatable bonds is 0. The third-order valence-electron chi connectivity index (χ3n) is 1.67. The molecule has 0 saturated carbocycles. The molecule has 1 rings (SSSR count). The molecule has 1 aliphatic rings. The second-order valence-corrected chi connectivity index (χ2v) is 4.88. The average Bonchev–Trinajstić information content (AvgIpc) is 1.97. The van der Waals surface area contributed by atoms with Crippen LogP contribution in [0.3, 0.4) is 0 Å². The molecule has 2 nitrogen and oxygen atoms in total. The van der Waals surface area contributed by atoms with Crippen LogP contribution in [0.2, 0.25) is 0 Å². The van der Waals surface area contributed by atoms with E-state index in [-0.39, 0.29) is 3.25 Å². The fourth-order valence-corrected chi connectivity index (χ4v) is 1.24. The predicted molar refractivity (Wildman–Crippen MR) is 31.6 cm³/mol. The molecule has 9 heavy (non-hydrogen) atoms. The van der Waals surface area contributed by atoms with E-state index in [2.05, 4.69) is 24.1 Å². The Balaban J connectivity index is 3.01. The second-order valence-electron chi connectivity index (χ2n) is 2.48. The van der Waals surface area contributed by atoms with Crippen LogP contribution in [0.25, 0.3) is 0 Å². The Labute approximate surface area is 70.3 Å². The molecular formula is C6H9N2Zr. The number of nitrogens with zero attached hydrogens (tertiary/aromatic N) is 2. The molecule has 0 fully saturated rings. The van der Waals surface area contributed by atoms with Crippen LogP contribution in [0.4, 0.5) is 0 Å². The summed E-state index contributed by atoms with van der Waals surface area (Å²) in [5.74, 6) is 0. The van der Waals surface area contributed by atoms with Crippen molar-refractivity contribution in [1.82, 2.24) is 0 Å². The van der Waals surface area contributed by atoms with Gasteiger partial charge < -0.3 is 0 Å². The zero-order valence-electron chi connectivity index (χ0n) is 5.89. The molecule has 0 saturated heterocycles. The molecule has 0 bridgehead atoms. The van der Waals surface area contributed by atoms with Crippen molar-refractivity contribution in [2.24, 2.45) is 10.2 Å². The maximum atomic E-state index is 4.12. The van der Waals surface area contributed by atoms with Gasteiger partial charge >= 0.3 is 70.2 Å². The van der Waals surface area contributed by atoms with E-state index in [4.69, 9.17) is 0 Å². The molecule has 1 unspecified atom stereocenters. The first-order valence-corrected chi connectivity index (χ1v) is 4.13. The summed E-state index contributed by atoms with van der Waals surface area (Å²) in [4.78, 5) is 0. The Morgan fingerprint density at radius 2 is 2.00 bits per heavy atom. The Morgan fingerprint density at radius 3 is 2.11 bits per heavy atom. The van der Waals surface area contributed by atoms with Gasteiger partial charge in [-0.25, -0.2) is 0 Å². The van der Waals surface area contributed by atoms with E-state index >= 15 is 0 Å². The van der Waals surface area contributed by atoms with E-state index in [0.29, 0.717) is 0 Å². The van der Waals surface area contributed by atoms with Crippen LogP contribution in [0.5, 0.6) is 0 Å². The summed E-state index contributed by atoms with van der Waals surface area (Å²) in [5.41, 5.74) is 2.41. The van der Waals surface area contributed by atoms with Crippen molar-refractivity contribution >= 4 is 0 Å². The third kappa shape index (κ3) is 1.21. The van der Waals surface area contributed by atoms with E-state index in [1.165, 1.54) is 30.3 Å². The molecule has 0 N–H and O–H groups in total. The first-order valence-electron chi connectivity index (χ1n) is 2.90. The van der Waals surface area contributed by atoms with Crippen LogP contribution in [0.1, 0.15) is 20.8 Å². The molecule has 1 aliphatic heterocycles. The van der Waals surface area contributed by atoms with Gasteiger partial charge in [-0.15, -0.1) is 0 Å². The fraction of sp³-hybridized carbons (Fsp3) is 0.667. The SMILES string of the molecule is CC1=C(C)[C](C)([Zr])N=N1. The monoisotopic (exact) mass is 199 g/mol. The van der Waals surface area contributed by atoms with Gasteiger partial charge in [-0.1, -0.05) is 0 Å². The summed E-state index contributed by atoms with van der Waals surface area (Å²) < 4.78 is 0.0524. The van der Waals surface area contributed by atoms with E-state index in [9.17, 15) is 0 Å². The van der Waals surface area contributed by atoms with Gasteiger partial charge in [0.25, 0.3) is 0 Å². The molecule has 0 aromatic carbocycles. The summed E-state index contributed by atoms with van der Waals surface area (Å²) in [6.45, 7) is 6.22. The van der Waals surface area contributed by atoms with Crippen LogP contribution in [0, 0.1) is 0 Å². The minimum absolute atomic E-state index is 0.0524. The number of allylic oxidation sites excluding steroid dienone is 1. The van der Waals surface area contributed by atoms with Gasteiger partial charge in [-0.3, -0.25) is 0 Å². The summed E-state index contributed by atoms with van der Waals surface area (Å²) in [6, 6.07) is 0. The maximum absolute atomic E-state index is 4.12. The molecule has 47 valence electrons. The molecule has 3 heteroatoms. The second kappa shape index (κ2) is 2.12. The van der Waals surface area contributed by atoms with Crippen LogP contribution < -0.4 is 0 Å². The predicted octanol–water partition coefficient (Wildman–Crippen LogP) is 2.01. The molecule has 1 atom stereocenters. The van der Waals surface area contributed by atoms with Gasteiger partial charge in [0.15, 0.2) is 0 Å². The normalized spacial score (nSPS) is 34.0. The van der Waals surface area contributed by atoms with E-state index in [1.807, 2.05) is 6.92 Å². The van der Waals surface area contributed by atoms with Crippen molar-refractivity contribution in [3.8, 4) is 0 Å². The first kappa shape index (κ1) is 7.33. The van der Waals surface area contributed by atoms with Crippen molar-refractivity contribution in [3.05, 3.63) is 11.3 Å². The molecule has 0 amide bonds. The molecule has 0 aromatic rings.